The highest BCUT2D eigenvalue weighted by atomic mass is 32.2. The summed E-state index contributed by atoms with van der Waals surface area (Å²) in [5.74, 6) is -1.97. The van der Waals surface area contributed by atoms with Crippen molar-refractivity contribution < 1.29 is 22.0 Å². The third-order valence-electron chi connectivity index (χ3n) is 5.45. The molecule has 1 unspecified atom stereocenters. The number of nitrogens with zero attached hydrogens (tertiary/aromatic N) is 3. The Balaban J connectivity index is 1.80. The van der Waals surface area contributed by atoms with Gasteiger partial charge in [-0.3, -0.25) is 4.79 Å². The van der Waals surface area contributed by atoms with E-state index in [0.717, 1.165) is 12.1 Å². The van der Waals surface area contributed by atoms with Crippen LogP contribution in [0, 0.1) is 11.6 Å². The third-order valence-corrected chi connectivity index (χ3v) is 7.84. The first-order valence-corrected chi connectivity index (χ1v) is 11.2. The maximum atomic E-state index is 14.8. The summed E-state index contributed by atoms with van der Waals surface area (Å²) in [6.07, 6.45) is 5.11. The molecule has 3 atom stereocenters. The molecular weight excluding hydrogens is 414 g/mol. The Labute approximate surface area is 174 Å². The van der Waals surface area contributed by atoms with Crippen LogP contribution in [0.15, 0.2) is 30.9 Å². The Hall–Kier alpha value is -2.46. The van der Waals surface area contributed by atoms with Crippen LogP contribution in [-0.2, 0) is 16.6 Å². The third kappa shape index (κ3) is 4.49. The summed E-state index contributed by atoms with van der Waals surface area (Å²) in [5.41, 5.74) is 0.111. The van der Waals surface area contributed by atoms with Crippen LogP contribution in [0.1, 0.15) is 61.1 Å². The molecule has 1 saturated heterocycles. The second-order valence-corrected chi connectivity index (χ2v) is 9.92. The van der Waals surface area contributed by atoms with Crippen molar-refractivity contribution in [2.75, 3.05) is 0 Å². The van der Waals surface area contributed by atoms with E-state index in [2.05, 4.69) is 15.3 Å². The van der Waals surface area contributed by atoms with Crippen LogP contribution in [0.4, 0.5) is 8.78 Å². The fourth-order valence-corrected chi connectivity index (χ4v) is 5.32. The summed E-state index contributed by atoms with van der Waals surface area (Å²) in [5, 5.41) is 2.02. The standard InChI is InChI=1S/C20H24F2N4O3S/c1-12-4-5-13(2)30(28,29)26(12)10-15-6-19(22)17(7-18(15)21)14(3)25-20(27)16-8-23-11-24-9-16/h6-9,11-14H,4-5,10H2,1-3H3,(H,25,27)/t12-,13-,14?/m1/s1. The zero-order valence-corrected chi connectivity index (χ0v) is 17.8. The number of hydrogen-bond donors (Lipinski definition) is 1. The number of nitrogens with one attached hydrogen (secondary N) is 1. The van der Waals surface area contributed by atoms with E-state index in [4.69, 9.17) is 0 Å². The van der Waals surface area contributed by atoms with E-state index in [0.29, 0.717) is 12.8 Å². The van der Waals surface area contributed by atoms with Gasteiger partial charge in [-0.15, -0.1) is 0 Å². The lowest BCUT2D eigenvalue weighted by Gasteiger charge is -2.36. The molecule has 0 bridgehead atoms. The molecule has 2 aromatic rings. The molecule has 7 nitrogen and oxygen atoms in total. The van der Waals surface area contributed by atoms with Crippen LogP contribution in [0.2, 0.25) is 0 Å². The molecule has 1 aromatic carbocycles. The minimum Gasteiger partial charge on any atom is -0.345 e. The fraction of sp³-hybridized carbons (Fsp3) is 0.450. The van der Waals surface area contributed by atoms with Crippen LogP contribution in [-0.4, -0.2) is 39.9 Å². The Morgan fingerprint density at radius 2 is 1.87 bits per heavy atom. The van der Waals surface area contributed by atoms with Gasteiger partial charge in [-0.2, -0.15) is 4.31 Å². The van der Waals surface area contributed by atoms with E-state index in [1.54, 1.807) is 13.8 Å². The number of carbonyl (C=O) groups is 1. The molecule has 1 aliphatic heterocycles. The molecule has 30 heavy (non-hydrogen) atoms. The molecule has 1 amide bonds. The maximum absolute atomic E-state index is 14.8. The van der Waals surface area contributed by atoms with Gasteiger partial charge in [-0.25, -0.2) is 27.2 Å². The molecule has 3 rings (SSSR count). The molecule has 162 valence electrons. The number of sulfonamides is 1. The molecule has 1 aromatic heterocycles. The van der Waals surface area contributed by atoms with Gasteiger partial charge in [0.2, 0.25) is 10.0 Å². The topological polar surface area (TPSA) is 92.3 Å². The summed E-state index contributed by atoms with van der Waals surface area (Å²) >= 11 is 0. The van der Waals surface area contributed by atoms with Gasteiger partial charge in [0.1, 0.15) is 18.0 Å². The first kappa shape index (κ1) is 22.2. The molecular formula is C20H24F2N4O3S. The molecule has 0 spiro atoms. The largest absolute Gasteiger partial charge is 0.345 e. The van der Waals surface area contributed by atoms with E-state index in [9.17, 15) is 22.0 Å². The highest BCUT2D eigenvalue weighted by molar-refractivity contribution is 7.89. The molecule has 1 N–H and O–H groups in total. The zero-order chi connectivity index (χ0) is 22.1. The van der Waals surface area contributed by atoms with Gasteiger partial charge in [-0.1, -0.05) is 0 Å². The number of carbonyl (C=O) groups excluding carboxylic acids is 1. The highest BCUT2D eigenvalue weighted by Gasteiger charge is 2.37. The van der Waals surface area contributed by atoms with E-state index in [1.807, 2.05) is 0 Å². The number of benzene rings is 1. The monoisotopic (exact) mass is 438 g/mol. The Kier molecular flexibility index (Phi) is 6.47. The van der Waals surface area contributed by atoms with Crippen LogP contribution >= 0.6 is 0 Å². The quantitative estimate of drug-likeness (QED) is 0.775. The van der Waals surface area contributed by atoms with Gasteiger partial charge in [0.05, 0.1) is 16.9 Å². The molecule has 0 saturated carbocycles. The van der Waals surface area contributed by atoms with Gasteiger partial charge in [-0.05, 0) is 45.7 Å². The SMILES string of the molecule is CC(NC(=O)c1cncnc1)c1cc(F)c(CN2[C@H](C)CC[C@@H](C)S2(=O)=O)cc1F. The van der Waals surface area contributed by atoms with Crippen LogP contribution in [0.5, 0.6) is 0 Å². The van der Waals surface area contributed by atoms with E-state index in [-0.39, 0.29) is 29.3 Å². The van der Waals surface area contributed by atoms with Crippen LogP contribution in [0.3, 0.4) is 0 Å². The fourth-order valence-electron chi connectivity index (χ4n) is 3.49. The predicted molar refractivity (Wildman–Crippen MR) is 107 cm³/mol. The lowest BCUT2D eigenvalue weighted by Crippen LogP contribution is -2.47. The molecule has 10 heteroatoms. The van der Waals surface area contributed by atoms with Crippen molar-refractivity contribution in [1.82, 2.24) is 19.6 Å². The number of amides is 1. The second kappa shape index (κ2) is 8.73. The summed E-state index contributed by atoms with van der Waals surface area (Å²) in [6, 6.07) is 0.890. The molecule has 0 aliphatic carbocycles. The number of hydrogen-bond acceptors (Lipinski definition) is 5. The van der Waals surface area contributed by atoms with Gasteiger partial charge in [0.15, 0.2) is 0 Å². The van der Waals surface area contributed by atoms with Crippen LogP contribution < -0.4 is 5.32 Å². The first-order chi connectivity index (χ1) is 14.1. The highest BCUT2D eigenvalue weighted by Crippen LogP contribution is 2.29. The van der Waals surface area contributed by atoms with E-state index >= 15 is 0 Å². The zero-order valence-electron chi connectivity index (χ0n) is 17.0. The lowest BCUT2D eigenvalue weighted by molar-refractivity contribution is 0.0938. The van der Waals surface area contributed by atoms with Crippen molar-refractivity contribution in [3.8, 4) is 0 Å². The maximum Gasteiger partial charge on any atom is 0.254 e. The summed E-state index contributed by atoms with van der Waals surface area (Å²) < 4.78 is 56.0. The Bertz CT molecular complexity index is 1030. The Morgan fingerprint density at radius 3 is 2.53 bits per heavy atom. The molecule has 1 aliphatic rings. The summed E-state index contributed by atoms with van der Waals surface area (Å²) in [4.78, 5) is 19.7. The van der Waals surface area contributed by atoms with Crippen molar-refractivity contribution in [2.24, 2.45) is 0 Å². The van der Waals surface area contributed by atoms with E-state index < -0.39 is 38.9 Å². The first-order valence-electron chi connectivity index (χ1n) is 9.65. The number of aromatic nitrogens is 2. The molecule has 0 radical (unpaired) electrons. The normalized spacial score (nSPS) is 22.4. The van der Waals surface area contributed by atoms with Gasteiger partial charge >= 0.3 is 0 Å². The predicted octanol–water partition coefficient (Wildman–Crippen LogP) is 2.95. The van der Waals surface area contributed by atoms with Gasteiger partial charge < -0.3 is 5.32 Å². The van der Waals surface area contributed by atoms with Gasteiger partial charge in [0, 0.05) is 36.1 Å². The van der Waals surface area contributed by atoms with Crippen molar-refractivity contribution in [3.63, 3.8) is 0 Å². The Morgan fingerprint density at radius 1 is 1.20 bits per heavy atom. The van der Waals surface area contributed by atoms with Gasteiger partial charge in [0.25, 0.3) is 5.91 Å². The van der Waals surface area contributed by atoms with Crippen molar-refractivity contribution in [1.29, 1.82) is 0 Å². The lowest BCUT2D eigenvalue weighted by atomic mass is 10.0. The molecule has 2 heterocycles. The smallest absolute Gasteiger partial charge is 0.254 e. The minimum atomic E-state index is -3.58. The summed E-state index contributed by atoms with van der Waals surface area (Å²) in [6.45, 7) is 4.67. The van der Waals surface area contributed by atoms with Crippen molar-refractivity contribution >= 4 is 15.9 Å². The van der Waals surface area contributed by atoms with Crippen LogP contribution in [0.25, 0.3) is 0 Å². The minimum absolute atomic E-state index is 0.0376. The average Bonchev–Trinajstić information content (AvgIpc) is 2.71. The summed E-state index contributed by atoms with van der Waals surface area (Å²) in [7, 11) is -3.58. The average molecular weight is 439 g/mol. The number of halogens is 2. The van der Waals surface area contributed by atoms with Crippen molar-refractivity contribution in [3.05, 3.63) is 59.2 Å². The number of rotatable bonds is 5. The molecule has 1 fully saturated rings. The second-order valence-electron chi connectivity index (χ2n) is 7.61. The van der Waals surface area contributed by atoms with E-state index in [1.165, 1.54) is 29.9 Å². The van der Waals surface area contributed by atoms with Crippen molar-refractivity contribution in [2.45, 2.75) is 57.5 Å².